The van der Waals surface area contributed by atoms with Crippen LogP contribution in [0.1, 0.15) is 5.56 Å². The molecule has 0 saturated carbocycles. The van der Waals surface area contributed by atoms with E-state index in [9.17, 15) is 19.7 Å². The Morgan fingerprint density at radius 3 is 2.27 bits per heavy atom. The van der Waals surface area contributed by atoms with Crippen molar-refractivity contribution in [3.05, 3.63) is 44.5 Å². The number of non-ortho nitro benzene ring substituents is 1. The highest BCUT2D eigenvalue weighted by molar-refractivity contribution is 7.80. The maximum Gasteiger partial charge on any atom is 0.270 e. The Bertz CT molecular complexity index is 721. The molecule has 1 fully saturated rings. The summed E-state index contributed by atoms with van der Waals surface area (Å²) in [4.78, 5) is 36.9. The van der Waals surface area contributed by atoms with Crippen molar-refractivity contribution in [3.63, 3.8) is 0 Å². The molecule has 1 aliphatic heterocycles. The zero-order chi connectivity index (χ0) is 16.6. The van der Waals surface area contributed by atoms with E-state index in [0.717, 1.165) is 9.80 Å². The average Bonchev–Trinajstić information content (AvgIpc) is 2.49. The summed E-state index contributed by atoms with van der Waals surface area (Å²) in [6, 6.07) is 3.77. The van der Waals surface area contributed by atoms with E-state index in [1.54, 1.807) is 0 Å². The molecule has 0 atom stereocenters. The minimum atomic E-state index is -0.587. The van der Waals surface area contributed by atoms with Gasteiger partial charge in [0.05, 0.1) is 4.92 Å². The zero-order valence-electron chi connectivity index (χ0n) is 11.6. The molecule has 2 amide bonds. The molecule has 1 aromatic rings. The van der Waals surface area contributed by atoms with Crippen molar-refractivity contribution < 1.29 is 14.5 Å². The number of rotatable bonds is 2. The van der Waals surface area contributed by atoms with Gasteiger partial charge in [0, 0.05) is 36.8 Å². The predicted octanol–water partition coefficient (Wildman–Crippen LogP) is 1.85. The van der Waals surface area contributed by atoms with Crippen LogP contribution in [-0.4, -0.2) is 45.7 Å². The van der Waals surface area contributed by atoms with Gasteiger partial charge in [-0.3, -0.25) is 29.5 Å². The van der Waals surface area contributed by atoms with Crippen LogP contribution in [0.2, 0.25) is 5.02 Å². The van der Waals surface area contributed by atoms with Crippen molar-refractivity contribution in [2.24, 2.45) is 0 Å². The maximum atomic E-state index is 12.2. The number of carbonyl (C=O) groups is 2. The first-order valence-corrected chi connectivity index (χ1v) is 6.78. The highest BCUT2D eigenvalue weighted by Crippen LogP contribution is 2.26. The van der Waals surface area contributed by atoms with Crippen LogP contribution in [0.15, 0.2) is 23.8 Å². The number of thiocarbonyl (C=S) groups is 1. The summed E-state index contributed by atoms with van der Waals surface area (Å²) in [5.41, 5.74) is -0.146. The van der Waals surface area contributed by atoms with Gasteiger partial charge in [0.25, 0.3) is 17.5 Å². The molecule has 2 rings (SSSR count). The molecule has 0 spiro atoms. The monoisotopic (exact) mass is 339 g/mol. The second-order valence-electron chi connectivity index (χ2n) is 4.53. The van der Waals surface area contributed by atoms with Crippen molar-refractivity contribution in [2.45, 2.75) is 0 Å². The summed E-state index contributed by atoms with van der Waals surface area (Å²) in [7, 11) is 2.88. The second kappa shape index (κ2) is 5.82. The van der Waals surface area contributed by atoms with Crippen LogP contribution in [-0.2, 0) is 9.59 Å². The summed E-state index contributed by atoms with van der Waals surface area (Å²) in [5, 5.41) is 11.1. The van der Waals surface area contributed by atoms with E-state index in [2.05, 4.69) is 0 Å². The number of carbonyl (C=O) groups excluding carboxylic acids is 2. The molecule has 0 aliphatic carbocycles. The van der Waals surface area contributed by atoms with E-state index in [1.807, 2.05) is 0 Å². The molecule has 1 heterocycles. The molecular weight excluding hydrogens is 330 g/mol. The summed E-state index contributed by atoms with van der Waals surface area (Å²) in [6.07, 6.45) is 1.23. The van der Waals surface area contributed by atoms with Crippen molar-refractivity contribution in [3.8, 4) is 0 Å². The molecule has 22 heavy (non-hydrogen) atoms. The van der Waals surface area contributed by atoms with Gasteiger partial charge < -0.3 is 0 Å². The summed E-state index contributed by atoms with van der Waals surface area (Å²) < 4.78 is 0. The van der Waals surface area contributed by atoms with Gasteiger partial charge in [-0.25, -0.2) is 0 Å². The molecule has 0 radical (unpaired) electrons. The molecule has 1 aromatic carbocycles. The minimum absolute atomic E-state index is 0.0808. The first-order valence-electron chi connectivity index (χ1n) is 5.99. The van der Waals surface area contributed by atoms with E-state index in [1.165, 1.54) is 38.4 Å². The quantitative estimate of drug-likeness (QED) is 0.270. The predicted molar refractivity (Wildman–Crippen MR) is 84.2 cm³/mol. The Balaban J connectivity index is 2.54. The lowest BCUT2D eigenvalue weighted by atomic mass is 10.1. The van der Waals surface area contributed by atoms with Crippen LogP contribution in [0.25, 0.3) is 6.08 Å². The first kappa shape index (κ1) is 16.1. The van der Waals surface area contributed by atoms with Crippen LogP contribution < -0.4 is 0 Å². The molecule has 0 aromatic heterocycles. The minimum Gasteiger partial charge on any atom is -0.288 e. The van der Waals surface area contributed by atoms with Gasteiger partial charge in [0.2, 0.25) is 0 Å². The van der Waals surface area contributed by atoms with Gasteiger partial charge >= 0.3 is 0 Å². The highest BCUT2D eigenvalue weighted by Gasteiger charge is 2.35. The lowest BCUT2D eigenvalue weighted by molar-refractivity contribution is -0.384. The fourth-order valence-electron chi connectivity index (χ4n) is 1.89. The molecule has 114 valence electrons. The largest absolute Gasteiger partial charge is 0.288 e. The van der Waals surface area contributed by atoms with Crippen molar-refractivity contribution in [1.29, 1.82) is 0 Å². The topological polar surface area (TPSA) is 83.8 Å². The van der Waals surface area contributed by atoms with Crippen LogP contribution in [0.3, 0.4) is 0 Å². The van der Waals surface area contributed by atoms with E-state index in [-0.39, 0.29) is 27.0 Å². The molecule has 7 nitrogen and oxygen atoms in total. The number of amides is 2. The Morgan fingerprint density at radius 2 is 1.77 bits per heavy atom. The molecule has 9 heteroatoms. The number of likely N-dealkylation sites (N-methyl/N-ethyl adjacent to an activating group) is 2. The van der Waals surface area contributed by atoms with Crippen molar-refractivity contribution >= 4 is 52.5 Å². The third-order valence-electron chi connectivity index (χ3n) is 3.13. The lowest BCUT2D eigenvalue weighted by Crippen LogP contribution is -2.52. The third kappa shape index (κ3) is 2.70. The van der Waals surface area contributed by atoms with Gasteiger partial charge in [-0.05, 0) is 24.4 Å². The molecular formula is C13H10ClN3O4S. The van der Waals surface area contributed by atoms with Gasteiger partial charge in [-0.15, -0.1) is 0 Å². The smallest absolute Gasteiger partial charge is 0.270 e. The van der Waals surface area contributed by atoms with Crippen molar-refractivity contribution in [1.82, 2.24) is 9.80 Å². The molecule has 1 aliphatic rings. The van der Waals surface area contributed by atoms with Crippen LogP contribution in [0.4, 0.5) is 5.69 Å². The number of nitro groups is 1. The van der Waals surface area contributed by atoms with Gasteiger partial charge in [-0.2, -0.15) is 0 Å². The van der Waals surface area contributed by atoms with Crippen LogP contribution in [0, 0.1) is 10.1 Å². The number of nitrogens with zero attached hydrogens (tertiary/aromatic N) is 3. The Hall–Kier alpha value is -2.32. The molecule has 1 saturated heterocycles. The second-order valence-corrected chi connectivity index (χ2v) is 5.30. The fraction of sp³-hybridized carbons (Fsp3) is 0.154. The Morgan fingerprint density at radius 1 is 1.23 bits per heavy atom. The van der Waals surface area contributed by atoms with E-state index in [0.29, 0.717) is 0 Å². The molecule has 0 bridgehead atoms. The molecule has 0 unspecified atom stereocenters. The first-order chi connectivity index (χ1) is 10.2. The van der Waals surface area contributed by atoms with Gasteiger partial charge in [0.1, 0.15) is 5.57 Å². The number of hydrogen-bond acceptors (Lipinski definition) is 5. The summed E-state index contributed by atoms with van der Waals surface area (Å²) in [6.45, 7) is 0. The van der Waals surface area contributed by atoms with E-state index in [4.69, 9.17) is 23.8 Å². The van der Waals surface area contributed by atoms with Gasteiger partial charge in [0.15, 0.2) is 5.11 Å². The van der Waals surface area contributed by atoms with Crippen LogP contribution in [0.5, 0.6) is 0 Å². The normalized spacial score (nSPS) is 15.4. The zero-order valence-corrected chi connectivity index (χ0v) is 13.1. The highest BCUT2D eigenvalue weighted by atomic mass is 35.5. The summed E-state index contributed by atoms with van der Waals surface area (Å²) >= 11 is 10.9. The van der Waals surface area contributed by atoms with Gasteiger partial charge in [-0.1, -0.05) is 11.6 Å². The standard InChI is InChI=1S/C13H10ClN3O4S/c1-15-11(18)9(12(19)16(2)13(15)22)6-7-5-8(17(20)21)3-4-10(7)14/h3-6H,1-2H3. The Labute approximate surface area is 135 Å². The third-order valence-corrected chi connectivity index (χ3v) is 4.03. The SMILES string of the molecule is CN1C(=O)C(=Cc2cc([N+](=O)[O-])ccc2Cl)C(=O)N(C)C1=S. The van der Waals surface area contributed by atoms with Crippen molar-refractivity contribution in [2.75, 3.05) is 14.1 Å². The number of benzene rings is 1. The van der Waals surface area contributed by atoms with E-state index >= 15 is 0 Å². The fourth-order valence-corrected chi connectivity index (χ4v) is 2.22. The number of hydrogen-bond donors (Lipinski definition) is 0. The lowest BCUT2D eigenvalue weighted by Gasteiger charge is -2.31. The number of halogens is 1. The number of nitro benzene ring substituents is 1. The Kier molecular flexibility index (Phi) is 4.25. The molecule has 0 N–H and O–H groups in total. The van der Waals surface area contributed by atoms with Crippen LogP contribution >= 0.6 is 23.8 Å². The summed E-state index contributed by atoms with van der Waals surface area (Å²) in [5.74, 6) is -1.17. The maximum absolute atomic E-state index is 12.2. The van der Waals surface area contributed by atoms with E-state index < -0.39 is 16.7 Å². The average molecular weight is 340 g/mol.